The Morgan fingerprint density at radius 3 is 2.00 bits per heavy atom. The molecule has 12 heavy (non-hydrogen) atoms. The zero-order chi connectivity index (χ0) is 5.98. The van der Waals surface area contributed by atoms with Crippen LogP contribution in [0.2, 0.25) is 0 Å². The summed E-state index contributed by atoms with van der Waals surface area (Å²) in [5.41, 5.74) is 1.14. The van der Waals surface area contributed by atoms with E-state index in [1.165, 1.54) is 0 Å². The van der Waals surface area contributed by atoms with Crippen LogP contribution >= 0.6 is 0 Å². The molecule has 1 heterocycles. The third-order valence-corrected chi connectivity index (χ3v) is 1.09. The second-order valence-electron chi connectivity index (χ2n) is 1.87. The number of aromatic amines is 1. The van der Waals surface area contributed by atoms with Crippen LogP contribution in [0.1, 0.15) is 18.4 Å². The number of nitrogens with one attached hydrogen (secondary N) is 1. The molecule has 0 saturated carbocycles. The molecule has 1 rings (SSSR count). The van der Waals surface area contributed by atoms with Crippen molar-refractivity contribution in [2.45, 2.75) is 20.3 Å². The maximum atomic E-state index is 4.08. The predicted molar refractivity (Wildman–Crippen MR) is 44.3 cm³/mol. The van der Waals surface area contributed by atoms with Crippen LogP contribution in [-0.4, -0.2) is 43.8 Å². The molecule has 0 fully saturated rings. The van der Waals surface area contributed by atoms with E-state index in [2.05, 4.69) is 16.9 Å². The maximum absolute atomic E-state index is 4.08. The monoisotopic (exact) mass is 188 g/mol. The SMILES string of the molecule is CCc1ncc(C)[nH]1.[Al+3].[OH-].[OH-].[OH-]. The molecule has 0 aliphatic heterocycles. The Bertz CT molecular complexity index is 181. The van der Waals surface area contributed by atoms with Crippen molar-refractivity contribution in [3.8, 4) is 0 Å². The van der Waals surface area contributed by atoms with Gasteiger partial charge in [0.15, 0.2) is 0 Å². The summed E-state index contributed by atoms with van der Waals surface area (Å²) in [5.74, 6) is 1.07. The third-order valence-electron chi connectivity index (χ3n) is 1.09. The second kappa shape index (κ2) is 10.6. The number of aromatic nitrogens is 2. The Morgan fingerprint density at radius 1 is 1.33 bits per heavy atom. The molecule has 0 aliphatic carbocycles. The summed E-state index contributed by atoms with van der Waals surface area (Å²) in [6.45, 7) is 4.09. The summed E-state index contributed by atoms with van der Waals surface area (Å²) in [6.07, 6.45) is 2.84. The standard InChI is InChI=1S/C6H10N2.Al.3H2O/c1-3-6-7-4-5(2)8-6;;;;/h4H,3H2,1-2H3,(H,7,8);;3*1H2/q;+3;;;/p-3. The third kappa shape index (κ3) is 6.34. The van der Waals surface area contributed by atoms with Gasteiger partial charge in [-0.3, -0.25) is 0 Å². The predicted octanol–water partition coefficient (Wildman–Crippen LogP) is 0.369. The van der Waals surface area contributed by atoms with Crippen LogP contribution in [0.15, 0.2) is 6.20 Å². The first-order valence-electron chi connectivity index (χ1n) is 2.83. The van der Waals surface area contributed by atoms with Crippen molar-refractivity contribution < 1.29 is 16.4 Å². The quantitative estimate of drug-likeness (QED) is 0.640. The molecule has 5 nitrogen and oxygen atoms in total. The van der Waals surface area contributed by atoms with Crippen LogP contribution < -0.4 is 0 Å². The normalized spacial score (nSPS) is 6.50. The van der Waals surface area contributed by atoms with E-state index >= 15 is 0 Å². The molecule has 0 aromatic carbocycles. The van der Waals surface area contributed by atoms with Crippen LogP contribution in [0.4, 0.5) is 0 Å². The Labute approximate surface area is 82.3 Å². The summed E-state index contributed by atoms with van der Waals surface area (Å²) in [5, 5.41) is 0. The average Bonchev–Trinajstić information content (AvgIpc) is 2.14. The van der Waals surface area contributed by atoms with Gasteiger partial charge < -0.3 is 21.4 Å². The summed E-state index contributed by atoms with van der Waals surface area (Å²) >= 11 is 0. The molecule has 0 bridgehead atoms. The fraction of sp³-hybridized carbons (Fsp3) is 0.500. The zero-order valence-electron chi connectivity index (χ0n) is 7.15. The first-order chi connectivity index (χ1) is 3.83. The first-order valence-corrected chi connectivity index (χ1v) is 2.83. The molecular weight excluding hydrogens is 175 g/mol. The fourth-order valence-electron chi connectivity index (χ4n) is 0.647. The van der Waals surface area contributed by atoms with E-state index in [4.69, 9.17) is 0 Å². The van der Waals surface area contributed by atoms with Crippen molar-refractivity contribution in [2.75, 3.05) is 0 Å². The molecule has 68 valence electrons. The summed E-state index contributed by atoms with van der Waals surface area (Å²) < 4.78 is 0. The van der Waals surface area contributed by atoms with Crippen LogP contribution in [0, 0.1) is 6.92 Å². The average molecular weight is 188 g/mol. The number of nitrogens with zero attached hydrogens (tertiary/aromatic N) is 1. The van der Waals surface area contributed by atoms with Gasteiger partial charge in [-0.05, 0) is 6.92 Å². The number of hydrogen-bond donors (Lipinski definition) is 1. The van der Waals surface area contributed by atoms with Crippen LogP contribution in [0.25, 0.3) is 0 Å². The van der Waals surface area contributed by atoms with E-state index in [-0.39, 0.29) is 33.8 Å². The van der Waals surface area contributed by atoms with Crippen LogP contribution in [0.3, 0.4) is 0 Å². The van der Waals surface area contributed by atoms with Gasteiger partial charge in [0, 0.05) is 18.3 Å². The Balaban J connectivity index is -0.0000000800. The topological polar surface area (TPSA) is 119 Å². The number of rotatable bonds is 1. The van der Waals surface area contributed by atoms with E-state index in [0.29, 0.717) is 0 Å². The molecule has 0 saturated heterocycles. The summed E-state index contributed by atoms with van der Waals surface area (Å²) in [7, 11) is 0. The molecule has 6 heteroatoms. The molecule has 0 radical (unpaired) electrons. The van der Waals surface area contributed by atoms with Crippen LogP contribution in [0.5, 0.6) is 0 Å². The van der Waals surface area contributed by atoms with E-state index in [1.54, 1.807) is 0 Å². The number of aryl methyl sites for hydroxylation is 2. The molecule has 0 atom stereocenters. The molecule has 0 unspecified atom stereocenters. The number of H-pyrrole nitrogens is 1. The minimum atomic E-state index is 0. The minimum absolute atomic E-state index is 0. The summed E-state index contributed by atoms with van der Waals surface area (Å²) in [6, 6.07) is 0. The van der Waals surface area contributed by atoms with E-state index in [9.17, 15) is 0 Å². The van der Waals surface area contributed by atoms with Crippen molar-refractivity contribution in [2.24, 2.45) is 0 Å². The van der Waals surface area contributed by atoms with Gasteiger partial charge in [0.25, 0.3) is 0 Å². The molecule has 0 amide bonds. The Hall–Kier alpha value is -0.378. The molecule has 0 spiro atoms. The van der Waals surface area contributed by atoms with Crippen molar-refractivity contribution in [3.05, 3.63) is 17.7 Å². The molecule has 4 N–H and O–H groups in total. The smallest absolute Gasteiger partial charge is 0.870 e. The van der Waals surface area contributed by atoms with Gasteiger partial charge in [0.05, 0.1) is 0 Å². The van der Waals surface area contributed by atoms with Gasteiger partial charge in [0.2, 0.25) is 0 Å². The maximum Gasteiger partial charge on any atom is 3.00 e. The van der Waals surface area contributed by atoms with Crippen molar-refractivity contribution in [1.82, 2.24) is 9.97 Å². The van der Waals surface area contributed by atoms with Crippen molar-refractivity contribution >= 4 is 17.4 Å². The fourth-order valence-corrected chi connectivity index (χ4v) is 0.647. The van der Waals surface area contributed by atoms with Crippen LogP contribution in [-0.2, 0) is 6.42 Å². The zero-order valence-corrected chi connectivity index (χ0v) is 8.31. The molecule has 1 aromatic rings. The van der Waals surface area contributed by atoms with E-state index in [1.807, 2.05) is 13.1 Å². The first kappa shape index (κ1) is 22.6. The van der Waals surface area contributed by atoms with Gasteiger partial charge in [0.1, 0.15) is 5.82 Å². The largest absolute Gasteiger partial charge is 3.00 e. The van der Waals surface area contributed by atoms with E-state index < -0.39 is 0 Å². The molecular formula is C6H13AlN2O3. The molecule has 0 aliphatic rings. The van der Waals surface area contributed by atoms with Crippen molar-refractivity contribution in [3.63, 3.8) is 0 Å². The van der Waals surface area contributed by atoms with Gasteiger partial charge >= 0.3 is 17.4 Å². The Kier molecular flexibility index (Phi) is 20.0. The number of imidazole rings is 1. The van der Waals surface area contributed by atoms with Gasteiger partial charge in [-0.15, -0.1) is 0 Å². The summed E-state index contributed by atoms with van der Waals surface area (Å²) in [4.78, 5) is 7.19. The molecule has 1 aromatic heterocycles. The van der Waals surface area contributed by atoms with Gasteiger partial charge in [-0.2, -0.15) is 0 Å². The van der Waals surface area contributed by atoms with Crippen molar-refractivity contribution in [1.29, 1.82) is 0 Å². The van der Waals surface area contributed by atoms with E-state index in [0.717, 1.165) is 17.9 Å². The Morgan fingerprint density at radius 2 is 1.83 bits per heavy atom. The van der Waals surface area contributed by atoms with Gasteiger partial charge in [-0.25, -0.2) is 4.98 Å². The minimum Gasteiger partial charge on any atom is -0.870 e. The van der Waals surface area contributed by atoms with Gasteiger partial charge in [-0.1, -0.05) is 6.92 Å². The second-order valence-corrected chi connectivity index (χ2v) is 1.87. The number of hydrogen-bond acceptors (Lipinski definition) is 4.